The highest BCUT2D eigenvalue weighted by Gasteiger charge is 2.17. The van der Waals surface area contributed by atoms with Crippen molar-refractivity contribution in [2.45, 2.75) is 50.5 Å². The van der Waals surface area contributed by atoms with Crippen LogP contribution in [0.3, 0.4) is 0 Å². The molecule has 0 aromatic carbocycles. The molecule has 3 N–H and O–H groups in total. The van der Waals surface area contributed by atoms with Gasteiger partial charge in [-0.1, -0.05) is 26.2 Å². The van der Waals surface area contributed by atoms with Crippen molar-refractivity contribution in [1.29, 1.82) is 0 Å². The molecule has 6 heteroatoms. The first-order valence-electron chi connectivity index (χ1n) is 6.19. The first-order chi connectivity index (χ1) is 8.45. The number of nitrogens with zero attached hydrogens (tertiary/aromatic N) is 1. The van der Waals surface area contributed by atoms with Crippen LogP contribution in [0.25, 0.3) is 0 Å². The zero-order chi connectivity index (χ0) is 13.6. The third-order valence-corrected chi connectivity index (χ3v) is 4.25. The first kappa shape index (κ1) is 14.9. The van der Waals surface area contributed by atoms with Gasteiger partial charge in [-0.2, -0.15) is 0 Å². The molecule has 1 rings (SSSR count). The summed E-state index contributed by atoms with van der Waals surface area (Å²) in [4.78, 5) is 3.94. The van der Waals surface area contributed by atoms with E-state index >= 15 is 0 Å². The lowest BCUT2D eigenvalue weighted by Crippen LogP contribution is -2.32. The number of nitrogens with one attached hydrogen (secondary N) is 1. The summed E-state index contributed by atoms with van der Waals surface area (Å²) in [6, 6.07) is 2.73. The molecule has 1 heterocycles. The topological polar surface area (TPSA) is 85.1 Å². The number of pyridine rings is 1. The van der Waals surface area contributed by atoms with Crippen LogP contribution in [-0.2, 0) is 10.0 Å². The van der Waals surface area contributed by atoms with Crippen molar-refractivity contribution in [2.75, 3.05) is 5.73 Å². The van der Waals surface area contributed by atoms with E-state index in [0.29, 0.717) is 0 Å². The minimum Gasteiger partial charge on any atom is -0.384 e. The summed E-state index contributed by atoms with van der Waals surface area (Å²) in [5.74, 6) is 0.205. The van der Waals surface area contributed by atoms with Gasteiger partial charge in [0.15, 0.2) is 0 Å². The van der Waals surface area contributed by atoms with E-state index in [-0.39, 0.29) is 16.8 Å². The molecule has 0 amide bonds. The van der Waals surface area contributed by atoms with Crippen LogP contribution in [0, 0.1) is 0 Å². The van der Waals surface area contributed by atoms with E-state index in [2.05, 4.69) is 16.6 Å². The molecule has 1 atom stereocenters. The van der Waals surface area contributed by atoms with E-state index in [1.54, 1.807) is 0 Å². The molecule has 1 unspecified atom stereocenters. The molecule has 1 aromatic rings. The number of aromatic nitrogens is 1. The molecule has 0 aliphatic rings. The summed E-state index contributed by atoms with van der Waals surface area (Å²) in [6.07, 6.45) is 5.51. The van der Waals surface area contributed by atoms with E-state index in [9.17, 15) is 8.42 Å². The molecule has 0 radical (unpaired) electrons. The monoisotopic (exact) mass is 271 g/mol. The molecule has 102 valence electrons. The fourth-order valence-electron chi connectivity index (χ4n) is 1.69. The molecular formula is C12H21N3O2S. The quantitative estimate of drug-likeness (QED) is 0.742. The lowest BCUT2D eigenvalue weighted by molar-refractivity contribution is 0.527. The van der Waals surface area contributed by atoms with Gasteiger partial charge in [0.2, 0.25) is 10.0 Å². The molecule has 0 aliphatic heterocycles. The second-order valence-corrected chi connectivity index (χ2v) is 6.15. The minimum atomic E-state index is -3.49. The van der Waals surface area contributed by atoms with Gasteiger partial charge in [-0.25, -0.2) is 18.1 Å². The van der Waals surface area contributed by atoms with Crippen molar-refractivity contribution in [3.05, 3.63) is 18.3 Å². The Morgan fingerprint density at radius 2 is 2.17 bits per heavy atom. The highest BCUT2D eigenvalue weighted by atomic mass is 32.2. The highest BCUT2D eigenvalue weighted by Crippen LogP contribution is 2.12. The maximum atomic E-state index is 12.0. The van der Waals surface area contributed by atoms with Crippen molar-refractivity contribution in [1.82, 2.24) is 9.71 Å². The van der Waals surface area contributed by atoms with Gasteiger partial charge in [-0.15, -0.1) is 0 Å². The van der Waals surface area contributed by atoms with Crippen LogP contribution < -0.4 is 10.5 Å². The van der Waals surface area contributed by atoms with Gasteiger partial charge in [-0.3, -0.25) is 0 Å². The number of nitrogen functional groups attached to an aromatic ring is 1. The fraction of sp³-hybridized carbons (Fsp3) is 0.583. The molecule has 0 bridgehead atoms. The van der Waals surface area contributed by atoms with Crippen LogP contribution in [0.5, 0.6) is 0 Å². The largest absolute Gasteiger partial charge is 0.384 e. The number of hydrogen-bond donors (Lipinski definition) is 2. The lowest BCUT2D eigenvalue weighted by Gasteiger charge is -2.14. The van der Waals surface area contributed by atoms with Crippen molar-refractivity contribution < 1.29 is 8.42 Å². The maximum Gasteiger partial charge on any atom is 0.240 e. The number of unbranched alkanes of at least 4 members (excludes halogenated alkanes) is 2. The second-order valence-electron chi connectivity index (χ2n) is 4.43. The van der Waals surface area contributed by atoms with Gasteiger partial charge >= 0.3 is 0 Å². The highest BCUT2D eigenvalue weighted by molar-refractivity contribution is 7.89. The zero-order valence-corrected chi connectivity index (χ0v) is 11.7. The Bertz CT molecular complexity index is 474. The normalized spacial score (nSPS) is 13.4. The molecular weight excluding hydrogens is 250 g/mol. The van der Waals surface area contributed by atoms with Gasteiger partial charge in [0.25, 0.3) is 0 Å². The molecule has 0 aliphatic carbocycles. The van der Waals surface area contributed by atoms with Crippen LogP contribution in [0.15, 0.2) is 23.2 Å². The predicted octanol–water partition coefficient (Wildman–Crippen LogP) is 1.91. The third-order valence-electron chi connectivity index (χ3n) is 2.66. The molecule has 18 heavy (non-hydrogen) atoms. The summed E-state index contributed by atoms with van der Waals surface area (Å²) < 4.78 is 26.7. The van der Waals surface area contributed by atoms with Crippen LogP contribution in [0.2, 0.25) is 0 Å². The Morgan fingerprint density at radius 1 is 1.44 bits per heavy atom. The van der Waals surface area contributed by atoms with E-state index < -0.39 is 10.0 Å². The van der Waals surface area contributed by atoms with Gasteiger partial charge < -0.3 is 5.73 Å². The van der Waals surface area contributed by atoms with E-state index in [4.69, 9.17) is 5.73 Å². The summed E-state index contributed by atoms with van der Waals surface area (Å²) in [7, 11) is -3.49. The zero-order valence-electron chi connectivity index (χ0n) is 10.9. The molecule has 1 aromatic heterocycles. The Balaban J connectivity index is 2.64. The average Bonchev–Trinajstić information content (AvgIpc) is 2.28. The molecule has 0 saturated heterocycles. The summed E-state index contributed by atoms with van der Waals surface area (Å²) in [6.45, 7) is 3.99. The molecule has 0 fully saturated rings. The van der Waals surface area contributed by atoms with E-state index in [0.717, 1.165) is 25.7 Å². The second kappa shape index (κ2) is 6.70. The number of hydrogen-bond acceptors (Lipinski definition) is 4. The maximum absolute atomic E-state index is 12.0. The van der Waals surface area contributed by atoms with E-state index in [1.165, 1.54) is 18.3 Å². The molecule has 5 nitrogen and oxygen atoms in total. The van der Waals surface area contributed by atoms with Crippen LogP contribution >= 0.6 is 0 Å². The van der Waals surface area contributed by atoms with Crippen molar-refractivity contribution in [3.8, 4) is 0 Å². The molecule has 0 spiro atoms. The summed E-state index contributed by atoms with van der Waals surface area (Å²) in [5, 5.41) is 0. The Kier molecular flexibility index (Phi) is 5.55. The number of anilines is 1. The number of sulfonamides is 1. The predicted molar refractivity (Wildman–Crippen MR) is 72.6 cm³/mol. The smallest absolute Gasteiger partial charge is 0.240 e. The van der Waals surface area contributed by atoms with Gasteiger partial charge in [0.05, 0.1) is 4.90 Å². The lowest BCUT2D eigenvalue weighted by atomic mass is 10.1. The van der Waals surface area contributed by atoms with Crippen LogP contribution in [-0.4, -0.2) is 19.4 Å². The summed E-state index contributed by atoms with van der Waals surface area (Å²) >= 11 is 0. The van der Waals surface area contributed by atoms with Gasteiger partial charge in [0.1, 0.15) is 5.82 Å². The van der Waals surface area contributed by atoms with Crippen molar-refractivity contribution >= 4 is 15.8 Å². The Labute approximate surface area is 109 Å². The van der Waals surface area contributed by atoms with Crippen molar-refractivity contribution in [3.63, 3.8) is 0 Å². The Morgan fingerprint density at radius 3 is 2.78 bits per heavy atom. The SMILES string of the molecule is CCCCCC(C)NS(=O)(=O)c1ccnc(N)c1. The van der Waals surface area contributed by atoms with E-state index in [1.807, 2.05) is 6.92 Å². The fourth-order valence-corrected chi connectivity index (χ4v) is 2.99. The average molecular weight is 271 g/mol. The van der Waals surface area contributed by atoms with Gasteiger partial charge in [0, 0.05) is 18.3 Å². The standard InChI is InChI=1S/C12H21N3O2S/c1-3-4-5-6-10(2)15-18(16,17)11-7-8-14-12(13)9-11/h7-10,15H,3-6H2,1-2H3,(H2,13,14). The third kappa shape index (κ3) is 4.62. The summed E-state index contributed by atoms with van der Waals surface area (Å²) in [5.41, 5.74) is 5.48. The molecule has 0 saturated carbocycles. The van der Waals surface area contributed by atoms with Crippen molar-refractivity contribution in [2.24, 2.45) is 0 Å². The van der Waals surface area contributed by atoms with Crippen LogP contribution in [0.4, 0.5) is 5.82 Å². The van der Waals surface area contributed by atoms with Crippen LogP contribution in [0.1, 0.15) is 39.5 Å². The first-order valence-corrected chi connectivity index (χ1v) is 7.68. The number of rotatable bonds is 7. The number of nitrogens with two attached hydrogens (primary N) is 1. The van der Waals surface area contributed by atoms with Gasteiger partial charge in [-0.05, 0) is 19.4 Å². The minimum absolute atomic E-state index is 0.0732. The Hall–Kier alpha value is -1.14.